The summed E-state index contributed by atoms with van der Waals surface area (Å²) in [6.07, 6.45) is 0. The Morgan fingerprint density at radius 1 is 1.53 bits per heavy atom. The van der Waals surface area contributed by atoms with Gasteiger partial charge in [-0.05, 0) is 37.6 Å². The molecule has 0 fully saturated rings. The number of rotatable bonds is 5. The average Bonchev–Trinajstić information content (AvgIpc) is 2.28. The number of aryl methyl sites for hydroxylation is 1. The van der Waals surface area contributed by atoms with E-state index in [1.807, 2.05) is 32.2 Å². The van der Waals surface area contributed by atoms with Crippen LogP contribution in [-0.2, 0) is 4.74 Å². The van der Waals surface area contributed by atoms with Crippen molar-refractivity contribution in [3.63, 3.8) is 0 Å². The molecule has 0 saturated carbocycles. The van der Waals surface area contributed by atoms with Crippen LogP contribution in [0.1, 0.15) is 18.1 Å². The number of nitrogens with zero attached hydrogens (tertiary/aromatic N) is 1. The van der Waals surface area contributed by atoms with Crippen molar-refractivity contribution in [2.45, 2.75) is 19.9 Å². The Morgan fingerprint density at radius 2 is 2.18 bits per heavy atom. The molecule has 0 aliphatic heterocycles. The molecule has 3 N–H and O–H groups in total. The number of hydrogen-bond donors (Lipinski definition) is 2. The molecule has 0 saturated heterocycles. The zero-order valence-corrected chi connectivity index (χ0v) is 10.9. The second-order valence-electron chi connectivity index (χ2n) is 4.33. The number of nitrogens with one attached hydrogen (secondary N) is 1. The normalized spacial score (nSPS) is 12.2. The fourth-order valence-electron chi connectivity index (χ4n) is 1.81. The summed E-state index contributed by atoms with van der Waals surface area (Å²) in [5.74, 6) is 0.104. The summed E-state index contributed by atoms with van der Waals surface area (Å²) in [6, 6.07) is 6.12. The van der Waals surface area contributed by atoms with Crippen LogP contribution >= 0.6 is 0 Å². The molecular weight excluding hydrogens is 214 g/mol. The lowest BCUT2D eigenvalue weighted by atomic mass is 10.1. The second kappa shape index (κ2) is 5.68. The van der Waals surface area contributed by atoms with E-state index in [2.05, 4.69) is 11.8 Å². The number of hydrogen-bond acceptors (Lipinski definition) is 3. The SMILES string of the molecule is COCC(C)N(C)c1ccc(C(=N)N)cc1C. The predicted octanol–water partition coefficient (Wildman–Crippen LogP) is 1.75. The zero-order valence-electron chi connectivity index (χ0n) is 10.9. The van der Waals surface area contributed by atoms with Gasteiger partial charge in [-0.3, -0.25) is 5.41 Å². The van der Waals surface area contributed by atoms with Gasteiger partial charge >= 0.3 is 0 Å². The molecule has 4 heteroatoms. The van der Waals surface area contributed by atoms with Crippen molar-refractivity contribution in [2.75, 3.05) is 25.7 Å². The molecule has 17 heavy (non-hydrogen) atoms. The maximum Gasteiger partial charge on any atom is 0.122 e. The number of ether oxygens (including phenoxy) is 1. The average molecular weight is 235 g/mol. The van der Waals surface area contributed by atoms with Gasteiger partial charge in [0, 0.05) is 31.5 Å². The summed E-state index contributed by atoms with van der Waals surface area (Å²) in [7, 11) is 3.75. The summed E-state index contributed by atoms with van der Waals surface area (Å²) in [4.78, 5) is 2.17. The fourth-order valence-corrected chi connectivity index (χ4v) is 1.81. The predicted molar refractivity (Wildman–Crippen MR) is 71.9 cm³/mol. The minimum atomic E-state index is 0.104. The second-order valence-corrected chi connectivity index (χ2v) is 4.33. The van der Waals surface area contributed by atoms with Gasteiger partial charge < -0.3 is 15.4 Å². The lowest BCUT2D eigenvalue weighted by Crippen LogP contribution is -2.33. The topological polar surface area (TPSA) is 62.3 Å². The molecule has 0 bridgehead atoms. The first-order valence-electron chi connectivity index (χ1n) is 5.64. The third kappa shape index (κ3) is 3.20. The largest absolute Gasteiger partial charge is 0.384 e. The van der Waals surface area contributed by atoms with Gasteiger partial charge in [0.15, 0.2) is 0 Å². The quantitative estimate of drug-likeness (QED) is 0.603. The van der Waals surface area contributed by atoms with Crippen LogP contribution in [0.25, 0.3) is 0 Å². The molecule has 0 radical (unpaired) electrons. The summed E-state index contributed by atoms with van der Waals surface area (Å²) in [5, 5.41) is 7.40. The maximum atomic E-state index is 7.40. The Balaban J connectivity index is 2.95. The van der Waals surface area contributed by atoms with Crippen LogP contribution in [0.15, 0.2) is 18.2 Å². The third-order valence-electron chi connectivity index (χ3n) is 2.96. The molecule has 1 unspecified atom stereocenters. The molecule has 1 atom stereocenters. The number of nitrogen functional groups attached to an aromatic ring is 1. The van der Waals surface area contributed by atoms with Gasteiger partial charge in [-0.25, -0.2) is 0 Å². The maximum absolute atomic E-state index is 7.40. The van der Waals surface area contributed by atoms with Crippen molar-refractivity contribution in [3.05, 3.63) is 29.3 Å². The Kier molecular flexibility index (Phi) is 4.52. The molecule has 1 aromatic rings. The number of anilines is 1. The van der Waals surface area contributed by atoms with E-state index < -0.39 is 0 Å². The first-order valence-corrected chi connectivity index (χ1v) is 5.64. The van der Waals surface area contributed by atoms with Crippen molar-refractivity contribution in [1.29, 1.82) is 5.41 Å². The van der Waals surface area contributed by atoms with Gasteiger partial charge in [-0.1, -0.05) is 0 Å². The van der Waals surface area contributed by atoms with Crippen molar-refractivity contribution in [1.82, 2.24) is 0 Å². The Morgan fingerprint density at radius 3 is 2.65 bits per heavy atom. The molecule has 1 rings (SSSR count). The minimum Gasteiger partial charge on any atom is -0.384 e. The lowest BCUT2D eigenvalue weighted by Gasteiger charge is -2.28. The molecule has 1 aromatic carbocycles. The molecule has 0 aliphatic rings. The van der Waals surface area contributed by atoms with E-state index in [4.69, 9.17) is 15.9 Å². The Labute approximate surface area is 103 Å². The van der Waals surface area contributed by atoms with Crippen molar-refractivity contribution in [3.8, 4) is 0 Å². The van der Waals surface area contributed by atoms with E-state index in [0.29, 0.717) is 12.6 Å². The van der Waals surface area contributed by atoms with Gasteiger partial charge in [-0.2, -0.15) is 0 Å². The van der Waals surface area contributed by atoms with Gasteiger partial charge in [0.25, 0.3) is 0 Å². The molecule has 4 nitrogen and oxygen atoms in total. The molecule has 0 spiro atoms. The van der Waals surface area contributed by atoms with Crippen LogP contribution in [0.3, 0.4) is 0 Å². The molecular formula is C13H21N3O. The first kappa shape index (κ1) is 13.5. The van der Waals surface area contributed by atoms with Crippen molar-refractivity contribution >= 4 is 11.5 Å². The van der Waals surface area contributed by atoms with Crippen LogP contribution in [-0.4, -0.2) is 32.6 Å². The van der Waals surface area contributed by atoms with Crippen LogP contribution in [0.4, 0.5) is 5.69 Å². The summed E-state index contributed by atoms with van der Waals surface area (Å²) >= 11 is 0. The summed E-state index contributed by atoms with van der Waals surface area (Å²) < 4.78 is 5.15. The van der Waals surface area contributed by atoms with Crippen LogP contribution in [0.5, 0.6) is 0 Å². The number of nitrogens with two attached hydrogens (primary N) is 1. The summed E-state index contributed by atoms with van der Waals surface area (Å²) in [5.41, 5.74) is 8.48. The molecule has 0 amide bonds. The number of methoxy groups -OCH3 is 1. The van der Waals surface area contributed by atoms with Crippen LogP contribution in [0, 0.1) is 12.3 Å². The zero-order chi connectivity index (χ0) is 13.0. The highest BCUT2D eigenvalue weighted by Gasteiger charge is 2.12. The molecule has 94 valence electrons. The minimum absolute atomic E-state index is 0.104. The number of benzene rings is 1. The van der Waals surface area contributed by atoms with Gasteiger partial charge in [0.05, 0.1) is 6.61 Å². The van der Waals surface area contributed by atoms with E-state index >= 15 is 0 Å². The highest BCUT2D eigenvalue weighted by atomic mass is 16.5. The first-order chi connectivity index (χ1) is 7.97. The van der Waals surface area contributed by atoms with Gasteiger partial charge in [0.1, 0.15) is 5.84 Å². The highest BCUT2D eigenvalue weighted by Crippen LogP contribution is 2.21. The van der Waals surface area contributed by atoms with Crippen LogP contribution in [0.2, 0.25) is 0 Å². The van der Waals surface area contributed by atoms with Crippen LogP contribution < -0.4 is 10.6 Å². The third-order valence-corrected chi connectivity index (χ3v) is 2.96. The number of amidine groups is 1. The van der Waals surface area contributed by atoms with Crippen molar-refractivity contribution < 1.29 is 4.74 Å². The van der Waals surface area contributed by atoms with Crippen molar-refractivity contribution in [2.24, 2.45) is 5.73 Å². The van der Waals surface area contributed by atoms with E-state index in [0.717, 1.165) is 16.8 Å². The lowest BCUT2D eigenvalue weighted by molar-refractivity contribution is 0.183. The van der Waals surface area contributed by atoms with E-state index in [1.54, 1.807) is 7.11 Å². The Bertz CT molecular complexity index is 404. The van der Waals surface area contributed by atoms with Gasteiger partial charge in [0.2, 0.25) is 0 Å². The van der Waals surface area contributed by atoms with E-state index in [-0.39, 0.29) is 5.84 Å². The van der Waals surface area contributed by atoms with E-state index in [1.165, 1.54) is 0 Å². The standard InChI is InChI=1S/C13H21N3O/c1-9-7-11(13(14)15)5-6-12(9)16(3)10(2)8-17-4/h5-7,10H,8H2,1-4H3,(H3,14,15). The molecule has 0 aromatic heterocycles. The monoisotopic (exact) mass is 235 g/mol. The van der Waals surface area contributed by atoms with Gasteiger partial charge in [-0.15, -0.1) is 0 Å². The van der Waals surface area contributed by atoms with E-state index in [9.17, 15) is 0 Å². The fraction of sp³-hybridized carbons (Fsp3) is 0.462. The Hall–Kier alpha value is -1.55. The highest BCUT2D eigenvalue weighted by molar-refractivity contribution is 5.95. The smallest absolute Gasteiger partial charge is 0.122 e. The molecule has 0 heterocycles. The molecule has 0 aliphatic carbocycles. The summed E-state index contributed by atoms with van der Waals surface area (Å²) in [6.45, 7) is 4.82. The number of likely N-dealkylation sites (N-methyl/N-ethyl adjacent to an activating group) is 1.